The van der Waals surface area contributed by atoms with E-state index in [0.717, 1.165) is 6.07 Å². The molecule has 1 fully saturated rings. The number of piperazine rings is 1. The minimum Gasteiger partial charge on any atom is -0.491 e. The summed E-state index contributed by atoms with van der Waals surface area (Å²) in [5.74, 6) is -0.536. The maximum absolute atomic E-state index is 14.3. The summed E-state index contributed by atoms with van der Waals surface area (Å²) in [5.41, 5.74) is -0.245. The van der Waals surface area contributed by atoms with Gasteiger partial charge in [0.1, 0.15) is 24.3 Å². The number of carboxylic acid groups (broad SMARTS) is 1. The van der Waals surface area contributed by atoms with Gasteiger partial charge in [-0.15, -0.1) is 11.3 Å². The molecule has 1 aliphatic rings. The second kappa shape index (κ2) is 12.7. The predicted molar refractivity (Wildman–Crippen MR) is 177 cm³/mol. The van der Waals surface area contributed by atoms with Crippen molar-refractivity contribution in [3.8, 4) is 22.9 Å². The van der Waals surface area contributed by atoms with Gasteiger partial charge in [0.2, 0.25) is 0 Å². The molecule has 248 valence electrons. The first kappa shape index (κ1) is 33.2. The Morgan fingerprint density at radius 2 is 1.85 bits per heavy atom. The molecule has 48 heavy (non-hydrogen) atoms. The number of pyridine rings is 1. The molecule has 0 saturated carbocycles. The first-order chi connectivity index (χ1) is 22.8. The maximum atomic E-state index is 14.3. The number of ether oxygens (including phenoxy) is 1. The maximum Gasteiger partial charge on any atom is 0.418 e. The highest BCUT2D eigenvalue weighted by atomic mass is 35.5. The van der Waals surface area contributed by atoms with E-state index < -0.39 is 23.3 Å². The lowest BCUT2D eigenvalue weighted by atomic mass is 10.00. The average Bonchev–Trinajstić information content (AvgIpc) is 3.46. The molecule has 1 aliphatic heterocycles. The summed E-state index contributed by atoms with van der Waals surface area (Å²) in [6, 6.07) is 9.55. The van der Waals surface area contributed by atoms with Gasteiger partial charge in [0, 0.05) is 53.4 Å². The van der Waals surface area contributed by atoms with Crippen molar-refractivity contribution in [2.75, 3.05) is 44.7 Å². The van der Waals surface area contributed by atoms with E-state index >= 15 is 0 Å². The number of hydrogen-bond donors (Lipinski definition) is 1. The zero-order chi connectivity index (χ0) is 34.5. The number of nitrogens with zero attached hydrogens (tertiary/aromatic N) is 6. The molecular formula is C33H28ClF3N6O4S. The molecule has 3 aromatic heterocycles. The molecule has 1 N–H and O–H groups in total. The van der Waals surface area contributed by atoms with Crippen molar-refractivity contribution in [2.45, 2.75) is 26.6 Å². The molecule has 10 nitrogen and oxygen atoms in total. The van der Waals surface area contributed by atoms with E-state index in [-0.39, 0.29) is 59.8 Å². The number of halogens is 4. The number of thiophene rings is 1. The SMILES string of the molecule is Cc1cc(-c2cc(Cl)ccc2OCCn2c(C)nc3cc(C(F)(F)F)c(N4CCN(C)CC4)c(C#N)c3c2=O)c2scc(C(=O)O)c2n1. The number of rotatable bonds is 7. The Hall–Kier alpha value is -4.71. The van der Waals surface area contributed by atoms with E-state index in [1.807, 2.05) is 24.1 Å². The van der Waals surface area contributed by atoms with Crippen molar-refractivity contribution in [3.63, 3.8) is 0 Å². The predicted octanol–water partition coefficient (Wildman–Crippen LogP) is 6.36. The summed E-state index contributed by atoms with van der Waals surface area (Å²) in [6.45, 7) is 4.70. The third kappa shape index (κ3) is 6.05. The highest BCUT2D eigenvalue weighted by molar-refractivity contribution is 7.18. The fraction of sp³-hybridized carbons (Fsp3) is 0.303. The summed E-state index contributed by atoms with van der Waals surface area (Å²) in [6.07, 6.45) is -4.77. The molecule has 0 aliphatic carbocycles. The summed E-state index contributed by atoms with van der Waals surface area (Å²) < 4.78 is 51.1. The Kier molecular flexibility index (Phi) is 8.80. The number of anilines is 1. The van der Waals surface area contributed by atoms with Crippen LogP contribution < -0.4 is 15.2 Å². The molecule has 4 heterocycles. The van der Waals surface area contributed by atoms with Crippen LogP contribution in [0.2, 0.25) is 5.02 Å². The lowest BCUT2D eigenvalue weighted by Gasteiger charge is -2.36. The number of fused-ring (bicyclic) bond motifs is 2. The average molecular weight is 697 g/mol. The van der Waals surface area contributed by atoms with Crippen molar-refractivity contribution in [1.29, 1.82) is 5.26 Å². The number of carbonyl (C=O) groups is 1. The summed E-state index contributed by atoms with van der Waals surface area (Å²) >= 11 is 7.60. The minimum absolute atomic E-state index is 0.0294. The van der Waals surface area contributed by atoms with E-state index in [2.05, 4.69) is 9.97 Å². The zero-order valence-corrected chi connectivity index (χ0v) is 27.6. The van der Waals surface area contributed by atoms with Gasteiger partial charge in [0.15, 0.2) is 0 Å². The molecule has 0 unspecified atom stereocenters. The van der Waals surface area contributed by atoms with Crippen LogP contribution in [-0.4, -0.2) is 70.3 Å². The van der Waals surface area contributed by atoms with Crippen LogP contribution in [0.25, 0.3) is 32.2 Å². The van der Waals surface area contributed by atoms with Crippen molar-refractivity contribution in [2.24, 2.45) is 0 Å². The van der Waals surface area contributed by atoms with Gasteiger partial charge in [0.25, 0.3) is 5.56 Å². The number of likely N-dealkylation sites (N-methyl/N-ethyl adjacent to an activating group) is 1. The Labute approximate surface area is 281 Å². The number of hydrogen-bond acceptors (Lipinski definition) is 9. The number of carboxylic acids is 1. The lowest BCUT2D eigenvalue weighted by molar-refractivity contribution is -0.137. The molecule has 0 spiro atoms. The summed E-state index contributed by atoms with van der Waals surface area (Å²) in [5, 5.41) is 21.6. The van der Waals surface area contributed by atoms with Gasteiger partial charge < -0.3 is 19.6 Å². The highest BCUT2D eigenvalue weighted by Gasteiger charge is 2.39. The van der Waals surface area contributed by atoms with Gasteiger partial charge in [-0.05, 0) is 51.2 Å². The number of aryl methyl sites for hydroxylation is 2. The van der Waals surface area contributed by atoms with Crippen LogP contribution in [0.1, 0.15) is 33.0 Å². The van der Waals surface area contributed by atoms with Crippen LogP contribution in [0.5, 0.6) is 5.75 Å². The zero-order valence-electron chi connectivity index (χ0n) is 26.0. The quantitative estimate of drug-likeness (QED) is 0.207. The molecule has 0 amide bonds. The normalized spacial score (nSPS) is 14.1. The number of benzene rings is 2. The minimum atomic E-state index is -4.77. The molecule has 2 aromatic carbocycles. The Morgan fingerprint density at radius 1 is 1.12 bits per heavy atom. The largest absolute Gasteiger partial charge is 0.491 e. The fourth-order valence-corrected chi connectivity index (χ4v) is 7.18. The Bertz CT molecular complexity index is 2200. The second-order valence-corrected chi connectivity index (χ2v) is 12.8. The third-order valence-electron chi connectivity index (χ3n) is 8.33. The molecule has 5 aromatic rings. The standard InChI is InChI=1S/C33H28ClF3N6O4S/c1-17-12-21(30-28(39-17)23(16-48-30)32(45)46)20-13-19(34)4-5-26(20)47-11-10-43-18(2)40-25-14-24(33(35,36)37)29(22(15-38)27(25)31(43)44)42-8-6-41(3)7-9-42/h4-5,12-14,16H,6-11H2,1-3H3,(H,45,46). The van der Waals surface area contributed by atoms with Gasteiger partial charge in [0.05, 0.1) is 50.0 Å². The molecule has 6 rings (SSSR count). The number of alkyl halides is 3. The van der Waals surface area contributed by atoms with Crippen LogP contribution in [-0.2, 0) is 12.7 Å². The number of aromatic carboxylic acids is 1. The van der Waals surface area contributed by atoms with E-state index in [1.165, 1.54) is 33.1 Å². The lowest BCUT2D eigenvalue weighted by Crippen LogP contribution is -2.45. The monoisotopic (exact) mass is 696 g/mol. The van der Waals surface area contributed by atoms with Crippen molar-refractivity contribution in [3.05, 3.63) is 79.3 Å². The third-order valence-corrected chi connectivity index (χ3v) is 9.57. The Balaban J connectivity index is 1.38. The van der Waals surface area contributed by atoms with Crippen LogP contribution in [0.15, 0.2) is 40.5 Å². The van der Waals surface area contributed by atoms with Crippen LogP contribution in [0, 0.1) is 25.2 Å². The van der Waals surface area contributed by atoms with Crippen molar-refractivity contribution < 1.29 is 27.8 Å². The highest BCUT2D eigenvalue weighted by Crippen LogP contribution is 2.42. The van der Waals surface area contributed by atoms with E-state index in [1.54, 1.807) is 25.1 Å². The van der Waals surface area contributed by atoms with E-state index in [0.29, 0.717) is 50.9 Å². The van der Waals surface area contributed by atoms with Crippen LogP contribution in [0.4, 0.5) is 18.9 Å². The molecule has 1 saturated heterocycles. The summed E-state index contributed by atoms with van der Waals surface area (Å²) in [7, 11) is 1.87. The number of nitriles is 1. The van der Waals surface area contributed by atoms with Crippen LogP contribution in [0.3, 0.4) is 0 Å². The Morgan fingerprint density at radius 3 is 2.52 bits per heavy atom. The van der Waals surface area contributed by atoms with Gasteiger partial charge in [-0.1, -0.05) is 11.6 Å². The molecule has 15 heteroatoms. The van der Waals surface area contributed by atoms with Gasteiger partial charge >= 0.3 is 12.1 Å². The van der Waals surface area contributed by atoms with Gasteiger partial charge in [-0.3, -0.25) is 14.3 Å². The van der Waals surface area contributed by atoms with E-state index in [9.17, 15) is 33.1 Å². The van der Waals surface area contributed by atoms with Crippen LogP contribution >= 0.6 is 22.9 Å². The summed E-state index contributed by atoms with van der Waals surface area (Å²) in [4.78, 5) is 38.0. The first-order valence-electron chi connectivity index (χ1n) is 14.8. The van der Waals surface area contributed by atoms with Crippen molar-refractivity contribution in [1.82, 2.24) is 19.4 Å². The van der Waals surface area contributed by atoms with E-state index in [4.69, 9.17) is 16.3 Å². The first-order valence-corrected chi connectivity index (χ1v) is 16.1. The molecule has 0 radical (unpaired) electrons. The molecule has 0 bridgehead atoms. The number of aromatic nitrogens is 3. The smallest absolute Gasteiger partial charge is 0.418 e. The molecule has 0 atom stereocenters. The van der Waals surface area contributed by atoms with Gasteiger partial charge in [-0.25, -0.2) is 9.78 Å². The fourth-order valence-electron chi connectivity index (χ4n) is 6.00. The molecular weight excluding hydrogens is 669 g/mol. The van der Waals surface area contributed by atoms with Crippen molar-refractivity contribution >= 4 is 55.7 Å². The topological polar surface area (TPSA) is 125 Å². The second-order valence-electron chi connectivity index (χ2n) is 11.5. The van der Waals surface area contributed by atoms with Gasteiger partial charge in [-0.2, -0.15) is 18.4 Å².